The van der Waals surface area contributed by atoms with Crippen LogP contribution in [-0.4, -0.2) is 35.2 Å². The molecular weight excluding hydrogens is 318 g/mol. The average molecular weight is 340 g/mol. The zero-order valence-corrected chi connectivity index (χ0v) is 14.6. The van der Waals surface area contributed by atoms with Crippen LogP contribution in [0.5, 0.6) is 0 Å². The molecule has 0 aromatic carbocycles. The Morgan fingerprint density at radius 1 is 1.43 bits per heavy atom. The highest BCUT2D eigenvalue weighted by molar-refractivity contribution is 6.29. The molecule has 2 amide bonds. The molecule has 1 saturated heterocycles. The van der Waals surface area contributed by atoms with Crippen molar-refractivity contribution in [1.29, 1.82) is 0 Å². The van der Waals surface area contributed by atoms with Gasteiger partial charge >= 0.3 is 6.09 Å². The van der Waals surface area contributed by atoms with Gasteiger partial charge in [-0.2, -0.15) is 0 Å². The Morgan fingerprint density at radius 2 is 2.13 bits per heavy atom. The van der Waals surface area contributed by atoms with Gasteiger partial charge in [-0.3, -0.25) is 9.69 Å². The molecule has 126 valence electrons. The standard InChI is InChI=1S/C16H22ClN3O3/c1-10-5-7-12(17)19-14(10)20-9-11(6-8-13(20)21)18-15(22)23-16(2,3)4/h5,7,11H,6,8-9H2,1-4H3,(H,18,22). The number of carbonyl (C=O) groups is 2. The summed E-state index contributed by atoms with van der Waals surface area (Å²) in [6.07, 6.45) is 0.440. The largest absolute Gasteiger partial charge is 0.444 e. The molecule has 0 bridgehead atoms. The van der Waals surface area contributed by atoms with E-state index in [0.717, 1.165) is 5.56 Å². The highest BCUT2D eigenvalue weighted by Crippen LogP contribution is 2.24. The number of anilines is 1. The summed E-state index contributed by atoms with van der Waals surface area (Å²) in [5.41, 5.74) is 0.306. The van der Waals surface area contributed by atoms with Gasteiger partial charge in [0.1, 0.15) is 16.6 Å². The van der Waals surface area contributed by atoms with Crippen molar-refractivity contribution in [1.82, 2.24) is 10.3 Å². The molecule has 2 rings (SSSR count). The number of amides is 2. The second-order valence-electron chi connectivity index (χ2n) is 6.66. The van der Waals surface area contributed by atoms with Gasteiger partial charge in [0.15, 0.2) is 0 Å². The maximum atomic E-state index is 12.2. The van der Waals surface area contributed by atoms with Crippen molar-refractivity contribution in [3.8, 4) is 0 Å². The van der Waals surface area contributed by atoms with Gasteiger partial charge in [0.2, 0.25) is 5.91 Å². The minimum absolute atomic E-state index is 0.0231. The summed E-state index contributed by atoms with van der Waals surface area (Å²) in [6, 6.07) is 3.33. The Labute approximate surface area is 141 Å². The lowest BCUT2D eigenvalue weighted by Gasteiger charge is -2.33. The van der Waals surface area contributed by atoms with Crippen LogP contribution in [0.15, 0.2) is 12.1 Å². The summed E-state index contributed by atoms with van der Waals surface area (Å²) in [5.74, 6) is 0.517. The number of pyridine rings is 1. The maximum Gasteiger partial charge on any atom is 0.407 e. The molecule has 2 heterocycles. The number of hydrogen-bond acceptors (Lipinski definition) is 4. The number of carbonyl (C=O) groups excluding carboxylic acids is 2. The highest BCUT2D eigenvalue weighted by atomic mass is 35.5. The van der Waals surface area contributed by atoms with Crippen LogP contribution in [0.4, 0.5) is 10.6 Å². The Bertz CT molecular complexity index is 613. The van der Waals surface area contributed by atoms with Gasteiger partial charge in [-0.15, -0.1) is 0 Å². The van der Waals surface area contributed by atoms with Crippen molar-refractivity contribution >= 4 is 29.4 Å². The smallest absolute Gasteiger partial charge is 0.407 e. The van der Waals surface area contributed by atoms with Gasteiger partial charge in [-0.25, -0.2) is 9.78 Å². The van der Waals surface area contributed by atoms with Gasteiger partial charge in [0, 0.05) is 13.0 Å². The lowest BCUT2D eigenvalue weighted by atomic mass is 10.0. The zero-order valence-electron chi connectivity index (χ0n) is 13.9. The molecule has 0 radical (unpaired) electrons. The van der Waals surface area contributed by atoms with Crippen molar-refractivity contribution in [3.05, 3.63) is 22.8 Å². The quantitative estimate of drug-likeness (QED) is 0.840. The number of piperidine rings is 1. The zero-order chi connectivity index (χ0) is 17.2. The minimum Gasteiger partial charge on any atom is -0.444 e. The number of hydrogen-bond donors (Lipinski definition) is 1. The predicted molar refractivity (Wildman–Crippen MR) is 88.7 cm³/mol. The fraction of sp³-hybridized carbons (Fsp3) is 0.562. The summed E-state index contributed by atoms with van der Waals surface area (Å²) in [4.78, 5) is 29.9. The number of aryl methyl sites for hydroxylation is 1. The fourth-order valence-corrected chi connectivity index (χ4v) is 2.55. The molecule has 1 aromatic rings. The Kier molecular flexibility index (Phi) is 5.14. The molecule has 1 N–H and O–H groups in total. The Balaban J connectivity index is 2.09. The van der Waals surface area contributed by atoms with Gasteiger partial charge in [-0.1, -0.05) is 17.7 Å². The summed E-state index contributed by atoms with van der Waals surface area (Å²) in [5, 5.41) is 3.15. The van der Waals surface area contributed by atoms with E-state index in [2.05, 4.69) is 10.3 Å². The van der Waals surface area contributed by atoms with E-state index >= 15 is 0 Å². The van der Waals surface area contributed by atoms with E-state index < -0.39 is 11.7 Å². The molecule has 1 aliphatic heterocycles. The average Bonchev–Trinajstić information content (AvgIpc) is 2.42. The molecule has 1 fully saturated rings. The lowest BCUT2D eigenvalue weighted by Crippen LogP contribution is -2.51. The third-order valence-electron chi connectivity index (χ3n) is 3.42. The fourth-order valence-electron chi connectivity index (χ4n) is 2.41. The van der Waals surface area contributed by atoms with Gasteiger partial charge < -0.3 is 10.1 Å². The van der Waals surface area contributed by atoms with Crippen LogP contribution < -0.4 is 10.2 Å². The Morgan fingerprint density at radius 3 is 2.78 bits per heavy atom. The van der Waals surface area contributed by atoms with Crippen molar-refractivity contribution < 1.29 is 14.3 Å². The van der Waals surface area contributed by atoms with E-state index in [-0.39, 0.29) is 11.9 Å². The van der Waals surface area contributed by atoms with Gasteiger partial charge in [0.05, 0.1) is 6.04 Å². The molecule has 1 unspecified atom stereocenters. The van der Waals surface area contributed by atoms with Crippen LogP contribution >= 0.6 is 11.6 Å². The first-order valence-electron chi connectivity index (χ1n) is 7.59. The number of nitrogens with zero attached hydrogens (tertiary/aromatic N) is 2. The highest BCUT2D eigenvalue weighted by Gasteiger charge is 2.30. The summed E-state index contributed by atoms with van der Waals surface area (Å²) in [6.45, 7) is 7.65. The minimum atomic E-state index is -0.556. The summed E-state index contributed by atoms with van der Waals surface area (Å²) >= 11 is 5.94. The van der Waals surface area contributed by atoms with Crippen molar-refractivity contribution in [2.24, 2.45) is 0 Å². The molecule has 0 spiro atoms. The molecule has 1 aliphatic rings. The molecule has 6 nitrogen and oxygen atoms in total. The van der Waals surface area contributed by atoms with E-state index in [4.69, 9.17) is 16.3 Å². The molecule has 23 heavy (non-hydrogen) atoms. The van der Waals surface area contributed by atoms with E-state index in [1.165, 1.54) is 0 Å². The van der Waals surface area contributed by atoms with Crippen molar-refractivity contribution in [3.63, 3.8) is 0 Å². The Hall–Kier alpha value is -1.82. The van der Waals surface area contributed by atoms with Gasteiger partial charge in [0.25, 0.3) is 0 Å². The first-order chi connectivity index (χ1) is 10.7. The van der Waals surface area contributed by atoms with Crippen LogP contribution in [0.25, 0.3) is 0 Å². The summed E-state index contributed by atoms with van der Waals surface area (Å²) < 4.78 is 5.26. The number of halogens is 1. The predicted octanol–water partition coefficient (Wildman–Crippen LogP) is 3.06. The third kappa shape index (κ3) is 4.82. The van der Waals surface area contributed by atoms with E-state index in [9.17, 15) is 9.59 Å². The third-order valence-corrected chi connectivity index (χ3v) is 3.63. The lowest BCUT2D eigenvalue weighted by molar-refractivity contribution is -0.119. The van der Waals surface area contributed by atoms with Crippen molar-refractivity contribution in [2.45, 2.75) is 52.2 Å². The van der Waals surface area contributed by atoms with Crippen LogP contribution in [-0.2, 0) is 9.53 Å². The first kappa shape index (κ1) is 17.5. The number of alkyl carbamates (subject to hydrolysis) is 1. The first-order valence-corrected chi connectivity index (χ1v) is 7.96. The number of ether oxygens (including phenoxy) is 1. The molecule has 1 aromatic heterocycles. The number of nitrogens with one attached hydrogen (secondary N) is 1. The normalized spacial score (nSPS) is 18.7. The molecular formula is C16H22ClN3O3. The second-order valence-corrected chi connectivity index (χ2v) is 7.05. The number of rotatable bonds is 2. The molecule has 7 heteroatoms. The SMILES string of the molecule is Cc1ccc(Cl)nc1N1CC(NC(=O)OC(C)(C)C)CCC1=O. The molecule has 1 atom stereocenters. The van der Waals surface area contributed by atoms with E-state index in [1.54, 1.807) is 11.0 Å². The van der Waals surface area contributed by atoms with Crippen LogP contribution in [0.1, 0.15) is 39.2 Å². The molecule has 0 aliphatic carbocycles. The van der Waals surface area contributed by atoms with E-state index in [0.29, 0.717) is 30.4 Å². The topological polar surface area (TPSA) is 71.5 Å². The number of aromatic nitrogens is 1. The maximum absolute atomic E-state index is 12.2. The molecule has 0 saturated carbocycles. The van der Waals surface area contributed by atoms with Crippen LogP contribution in [0, 0.1) is 6.92 Å². The monoisotopic (exact) mass is 339 g/mol. The van der Waals surface area contributed by atoms with Crippen LogP contribution in [0.3, 0.4) is 0 Å². The van der Waals surface area contributed by atoms with Crippen molar-refractivity contribution in [2.75, 3.05) is 11.4 Å². The van der Waals surface area contributed by atoms with Crippen LogP contribution in [0.2, 0.25) is 5.15 Å². The van der Waals surface area contributed by atoms with E-state index in [1.807, 2.05) is 33.8 Å². The summed E-state index contributed by atoms with van der Waals surface area (Å²) in [7, 11) is 0. The second kappa shape index (κ2) is 6.74. The van der Waals surface area contributed by atoms with Gasteiger partial charge in [-0.05, 0) is 45.7 Å².